The lowest BCUT2D eigenvalue weighted by molar-refractivity contribution is 0.588. The van der Waals surface area contributed by atoms with Gasteiger partial charge in [0.05, 0.1) is 0 Å². The third kappa shape index (κ3) is 4.85. The first-order valence-electron chi connectivity index (χ1n) is 9.10. The first-order valence-corrected chi connectivity index (χ1v) is 9.10. The van der Waals surface area contributed by atoms with E-state index in [1.54, 1.807) is 0 Å². The zero-order valence-electron chi connectivity index (χ0n) is 14.4. The van der Waals surface area contributed by atoms with Crippen LogP contribution in [0.4, 0.5) is 11.8 Å². The summed E-state index contributed by atoms with van der Waals surface area (Å²) in [6.07, 6.45) is 12.8. The Morgan fingerprint density at radius 3 is 2.23 bits per heavy atom. The van der Waals surface area contributed by atoms with Gasteiger partial charge in [0.2, 0.25) is 5.95 Å². The van der Waals surface area contributed by atoms with E-state index < -0.39 is 0 Å². The van der Waals surface area contributed by atoms with E-state index in [0.29, 0.717) is 5.82 Å². The number of hydrogen-bond donors (Lipinski definition) is 1. The smallest absolute Gasteiger partial charge is 0.227 e. The molecule has 1 aliphatic rings. The largest absolute Gasteiger partial charge is 0.383 e. The van der Waals surface area contributed by atoms with Gasteiger partial charge in [-0.3, -0.25) is 0 Å². The molecule has 0 spiro atoms. The van der Waals surface area contributed by atoms with Crippen molar-refractivity contribution in [1.29, 1.82) is 0 Å². The van der Waals surface area contributed by atoms with Gasteiger partial charge in [0.15, 0.2) is 0 Å². The number of nitrogen functional groups attached to an aromatic ring is 1. The lowest BCUT2D eigenvalue weighted by Gasteiger charge is -2.18. The van der Waals surface area contributed by atoms with Crippen LogP contribution >= 0.6 is 0 Å². The molecule has 1 aromatic rings. The molecule has 0 saturated carbocycles. The number of nitrogens with zero attached hydrogens (tertiary/aromatic N) is 3. The molecule has 22 heavy (non-hydrogen) atoms. The molecule has 0 aliphatic carbocycles. The van der Waals surface area contributed by atoms with Crippen LogP contribution in [0.2, 0.25) is 0 Å². The molecule has 0 unspecified atom stereocenters. The topological polar surface area (TPSA) is 55.0 Å². The van der Waals surface area contributed by atoms with Crippen molar-refractivity contribution in [2.24, 2.45) is 0 Å². The molecule has 0 aromatic carbocycles. The van der Waals surface area contributed by atoms with E-state index in [1.165, 1.54) is 57.8 Å². The summed E-state index contributed by atoms with van der Waals surface area (Å²) in [5.41, 5.74) is 8.43. The van der Waals surface area contributed by atoms with Gasteiger partial charge in [-0.05, 0) is 32.6 Å². The van der Waals surface area contributed by atoms with Crippen LogP contribution in [-0.2, 0) is 6.42 Å². The van der Waals surface area contributed by atoms with Crippen molar-refractivity contribution in [3.63, 3.8) is 0 Å². The van der Waals surface area contributed by atoms with Crippen molar-refractivity contribution in [2.75, 3.05) is 23.7 Å². The van der Waals surface area contributed by atoms with Gasteiger partial charge in [-0.1, -0.05) is 45.4 Å². The average molecular weight is 304 g/mol. The maximum atomic E-state index is 6.19. The zero-order chi connectivity index (χ0) is 15.8. The van der Waals surface area contributed by atoms with Crippen molar-refractivity contribution in [1.82, 2.24) is 9.97 Å². The molecular formula is C18H32N4. The minimum atomic E-state index is 0.695. The molecule has 2 heterocycles. The van der Waals surface area contributed by atoms with Gasteiger partial charge in [0, 0.05) is 24.3 Å². The van der Waals surface area contributed by atoms with Crippen molar-refractivity contribution in [3.8, 4) is 0 Å². The Morgan fingerprint density at radius 2 is 1.59 bits per heavy atom. The third-order valence-electron chi connectivity index (χ3n) is 4.65. The number of hydrogen-bond acceptors (Lipinski definition) is 4. The molecule has 4 nitrogen and oxygen atoms in total. The number of rotatable bonds is 9. The van der Waals surface area contributed by atoms with Gasteiger partial charge in [0.1, 0.15) is 5.82 Å². The zero-order valence-corrected chi connectivity index (χ0v) is 14.4. The first kappa shape index (κ1) is 17.0. The van der Waals surface area contributed by atoms with Crippen LogP contribution in [0.25, 0.3) is 0 Å². The highest BCUT2D eigenvalue weighted by atomic mass is 15.3. The van der Waals surface area contributed by atoms with Crippen LogP contribution in [0, 0.1) is 6.92 Å². The Hall–Kier alpha value is -1.32. The summed E-state index contributed by atoms with van der Waals surface area (Å²) in [6.45, 7) is 6.47. The molecule has 1 saturated heterocycles. The molecule has 1 aliphatic heterocycles. The molecule has 4 heteroatoms. The van der Waals surface area contributed by atoms with Crippen LogP contribution in [-0.4, -0.2) is 23.1 Å². The molecule has 0 radical (unpaired) electrons. The van der Waals surface area contributed by atoms with Crippen LogP contribution in [0.5, 0.6) is 0 Å². The van der Waals surface area contributed by atoms with Gasteiger partial charge in [-0.2, -0.15) is 4.98 Å². The minimum absolute atomic E-state index is 0.695. The Kier molecular flexibility index (Phi) is 6.94. The summed E-state index contributed by atoms with van der Waals surface area (Å²) < 4.78 is 0. The first-order chi connectivity index (χ1) is 10.7. The second kappa shape index (κ2) is 8.96. The third-order valence-corrected chi connectivity index (χ3v) is 4.65. The van der Waals surface area contributed by atoms with Crippen LogP contribution < -0.4 is 10.6 Å². The van der Waals surface area contributed by atoms with Gasteiger partial charge in [0.25, 0.3) is 0 Å². The molecule has 1 aromatic heterocycles. The van der Waals surface area contributed by atoms with E-state index in [-0.39, 0.29) is 0 Å². The Balaban J connectivity index is 1.81. The van der Waals surface area contributed by atoms with Crippen molar-refractivity contribution >= 4 is 11.8 Å². The molecule has 2 rings (SSSR count). The standard InChI is InChI=1S/C18H32N4/c1-3-4-5-6-7-8-9-12-16-15(2)20-18(21-17(16)19)22-13-10-11-14-22/h3-14H2,1-2H3,(H2,19,20,21). The molecular weight excluding hydrogens is 272 g/mol. The lowest BCUT2D eigenvalue weighted by Crippen LogP contribution is -2.22. The predicted octanol–water partition coefficient (Wildman–Crippen LogP) is 4.26. The number of aromatic nitrogens is 2. The number of nitrogens with two attached hydrogens (primary N) is 1. The predicted molar refractivity (Wildman–Crippen MR) is 94.3 cm³/mol. The minimum Gasteiger partial charge on any atom is -0.383 e. The van der Waals surface area contributed by atoms with Gasteiger partial charge in [-0.25, -0.2) is 4.98 Å². The fourth-order valence-electron chi connectivity index (χ4n) is 3.23. The van der Waals surface area contributed by atoms with E-state index >= 15 is 0 Å². The van der Waals surface area contributed by atoms with Crippen molar-refractivity contribution in [2.45, 2.75) is 78.1 Å². The Bertz CT molecular complexity index is 429. The molecule has 0 amide bonds. The highest BCUT2D eigenvalue weighted by Crippen LogP contribution is 2.22. The maximum absolute atomic E-state index is 6.19. The SMILES string of the molecule is CCCCCCCCCc1c(C)nc(N2CCCC2)nc1N. The summed E-state index contributed by atoms with van der Waals surface area (Å²) in [5.74, 6) is 1.52. The highest BCUT2D eigenvalue weighted by Gasteiger charge is 2.17. The summed E-state index contributed by atoms with van der Waals surface area (Å²) in [6, 6.07) is 0. The fourth-order valence-corrected chi connectivity index (χ4v) is 3.23. The van der Waals surface area contributed by atoms with Gasteiger partial charge >= 0.3 is 0 Å². The van der Waals surface area contributed by atoms with Gasteiger partial charge in [-0.15, -0.1) is 0 Å². The van der Waals surface area contributed by atoms with E-state index in [4.69, 9.17) is 10.7 Å². The van der Waals surface area contributed by atoms with E-state index in [2.05, 4.69) is 23.7 Å². The van der Waals surface area contributed by atoms with E-state index in [1.807, 2.05) is 0 Å². The second-order valence-electron chi connectivity index (χ2n) is 6.54. The summed E-state index contributed by atoms with van der Waals surface area (Å²) in [4.78, 5) is 11.5. The van der Waals surface area contributed by atoms with Gasteiger partial charge < -0.3 is 10.6 Å². The molecule has 1 fully saturated rings. The summed E-state index contributed by atoms with van der Waals surface area (Å²) >= 11 is 0. The lowest BCUT2D eigenvalue weighted by atomic mass is 10.0. The normalized spacial score (nSPS) is 14.7. The van der Waals surface area contributed by atoms with Crippen LogP contribution in [0.3, 0.4) is 0 Å². The molecule has 0 bridgehead atoms. The van der Waals surface area contributed by atoms with E-state index in [9.17, 15) is 0 Å². The maximum Gasteiger partial charge on any atom is 0.227 e. The number of unbranched alkanes of at least 4 members (excludes halogenated alkanes) is 6. The average Bonchev–Trinajstić information content (AvgIpc) is 3.02. The fraction of sp³-hybridized carbons (Fsp3) is 0.778. The summed E-state index contributed by atoms with van der Waals surface area (Å²) in [5, 5.41) is 0. The van der Waals surface area contributed by atoms with Crippen LogP contribution in [0.15, 0.2) is 0 Å². The molecule has 0 atom stereocenters. The van der Waals surface area contributed by atoms with Crippen LogP contribution in [0.1, 0.15) is 76.0 Å². The van der Waals surface area contributed by atoms with Crippen molar-refractivity contribution < 1.29 is 0 Å². The number of anilines is 2. The molecule has 2 N–H and O–H groups in total. The molecule has 124 valence electrons. The quantitative estimate of drug-likeness (QED) is 0.693. The highest BCUT2D eigenvalue weighted by molar-refractivity contribution is 5.48. The van der Waals surface area contributed by atoms with Crippen molar-refractivity contribution in [3.05, 3.63) is 11.3 Å². The second-order valence-corrected chi connectivity index (χ2v) is 6.54. The Morgan fingerprint density at radius 1 is 0.955 bits per heavy atom. The number of aryl methyl sites for hydroxylation is 1. The Labute approximate surface area is 135 Å². The monoisotopic (exact) mass is 304 g/mol. The summed E-state index contributed by atoms with van der Waals surface area (Å²) in [7, 11) is 0. The van der Waals surface area contributed by atoms with E-state index in [0.717, 1.165) is 36.7 Å².